The Labute approximate surface area is 245 Å². The number of nitrogens with zero attached hydrogens (tertiary/aromatic N) is 6. The second kappa shape index (κ2) is 11.9. The lowest BCUT2D eigenvalue weighted by atomic mass is 10.1. The zero-order valence-corrected chi connectivity index (χ0v) is 23.6. The van der Waals surface area contributed by atoms with E-state index in [0.717, 1.165) is 49.7 Å². The van der Waals surface area contributed by atoms with Crippen LogP contribution in [0.1, 0.15) is 16.7 Å². The highest BCUT2D eigenvalue weighted by molar-refractivity contribution is 6.02. The molecule has 0 radical (unpaired) electrons. The van der Waals surface area contributed by atoms with Crippen LogP contribution in [0.15, 0.2) is 61.1 Å². The van der Waals surface area contributed by atoms with E-state index in [2.05, 4.69) is 44.0 Å². The van der Waals surface area contributed by atoms with Gasteiger partial charge >= 0.3 is 12.2 Å². The first-order valence-corrected chi connectivity index (χ1v) is 13.4. The number of likely N-dealkylation sites (N-methyl/N-ethyl adjacent to an activating group) is 1. The van der Waals surface area contributed by atoms with E-state index >= 15 is 0 Å². The maximum atomic E-state index is 13.3. The molecule has 0 atom stereocenters. The lowest BCUT2D eigenvalue weighted by Gasteiger charge is -2.34. The molecule has 0 bridgehead atoms. The monoisotopic (exact) mass is 598 g/mol. The van der Waals surface area contributed by atoms with Crippen molar-refractivity contribution in [1.82, 2.24) is 19.8 Å². The highest BCUT2D eigenvalue weighted by Gasteiger charge is 2.33. The number of rotatable bonds is 7. The van der Waals surface area contributed by atoms with Crippen molar-refractivity contribution in [2.24, 2.45) is 0 Å². The van der Waals surface area contributed by atoms with Crippen LogP contribution in [0.4, 0.5) is 51.2 Å². The fourth-order valence-corrected chi connectivity index (χ4v) is 4.91. The average molecular weight is 599 g/mol. The molecule has 3 heterocycles. The predicted molar refractivity (Wildman–Crippen MR) is 155 cm³/mol. The minimum Gasteiger partial charge on any atom is -0.369 e. The predicted octanol–water partition coefficient (Wildman–Crippen LogP) is 4.98. The first-order valence-electron chi connectivity index (χ1n) is 13.4. The number of anilines is 5. The molecule has 14 heteroatoms. The lowest BCUT2D eigenvalue weighted by molar-refractivity contribution is -0.137. The van der Waals surface area contributed by atoms with Crippen LogP contribution in [0.5, 0.6) is 0 Å². The number of hydrogen-bond acceptors (Lipinski definition) is 7. The Morgan fingerprint density at radius 2 is 1.74 bits per heavy atom. The van der Waals surface area contributed by atoms with E-state index in [9.17, 15) is 27.2 Å². The maximum Gasteiger partial charge on any atom is 0.416 e. The summed E-state index contributed by atoms with van der Waals surface area (Å²) in [6.45, 7) is 6.68. The standard InChI is InChI=1S/C29H30F4N8O2/c1-18(30)26(42)36-24-14-21(29(31,32)33)5-4-19(24)16-41-17-20-15-34-27(37-25(20)39(3)28(41)43)35-22-6-8-23(9-7-22)40-12-10-38(2)11-13-40/h4-9,14-15H,1,10-13,16-17H2,2-3H3,(H,36,42)(H,34,35,37). The molecule has 10 nitrogen and oxygen atoms in total. The lowest BCUT2D eigenvalue weighted by Crippen LogP contribution is -2.45. The molecule has 1 aromatic heterocycles. The van der Waals surface area contributed by atoms with Gasteiger partial charge in [-0.15, -0.1) is 0 Å². The van der Waals surface area contributed by atoms with Crippen LogP contribution in [0.2, 0.25) is 0 Å². The number of amides is 3. The minimum atomic E-state index is -4.69. The van der Waals surface area contributed by atoms with Gasteiger partial charge in [0.05, 0.1) is 12.1 Å². The van der Waals surface area contributed by atoms with Crippen molar-refractivity contribution in [2.75, 3.05) is 60.7 Å². The third-order valence-electron chi connectivity index (χ3n) is 7.36. The molecule has 2 N–H and O–H groups in total. The van der Waals surface area contributed by atoms with Gasteiger partial charge in [0.15, 0.2) is 5.83 Å². The SMILES string of the molecule is C=C(F)C(=O)Nc1cc(C(F)(F)F)ccc1CN1Cc2cnc(Nc3ccc(N4CCN(C)CC4)cc3)nc2N(C)C1=O. The second-order valence-electron chi connectivity index (χ2n) is 10.4. The molecule has 0 saturated carbocycles. The number of urea groups is 1. The normalized spacial score (nSPS) is 15.8. The summed E-state index contributed by atoms with van der Waals surface area (Å²) in [4.78, 5) is 41.3. The molecule has 0 unspecified atom stereocenters. The molecule has 226 valence electrons. The van der Waals surface area contributed by atoms with Gasteiger partial charge in [0, 0.05) is 68.6 Å². The van der Waals surface area contributed by atoms with Crippen LogP contribution in [-0.2, 0) is 24.1 Å². The summed E-state index contributed by atoms with van der Waals surface area (Å²) in [5, 5.41) is 5.27. The van der Waals surface area contributed by atoms with E-state index in [1.807, 2.05) is 24.3 Å². The zero-order chi connectivity index (χ0) is 30.9. The molecule has 5 rings (SSSR count). The van der Waals surface area contributed by atoms with Crippen LogP contribution < -0.4 is 20.4 Å². The van der Waals surface area contributed by atoms with Gasteiger partial charge in [-0.1, -0.05) is 12.6 Å². The van der Waals surface area contributed by atoms with Gasteiger partial charge in [-0.25, -0.2) is 14.2 Å². The van der Waals surface area contributed by atoms with Gasteiger partial charge in [0.2, 0.25) is 5.95 Å². The minimum absolute atomic E-state index is 0.0583. The molecule has 2 aliphatic heterocycles. The van der Waals surface area contributed by atoms with E-state index in [4.69, 9.17) is 0 Å². The summed E-state index contributed by atoms with van der Waals surface area (Å²) in [5.74, 6) is -1.98. The zero-order valence-electron chi connectivity index (χ0n) is 23.6. The quantitative estimate of drug-likeness (QED) is 0.293. The Bertz CT molecular complexity index is 1540. The molecule has 43 heavy (non-hydrogen) atoms. The second-order valence-corrected chi connectivity index (χ2v) is 10.4. The van der Waals surface area contributed by atoms with Gasteiger partial charge in [0.1, 0.15) is 5.82 Å². The average Bonchev–Trinajstić information content (AvgIpc) is 2.97. The van der Waals surface area contributed by atoms with E-state index in [0.29, 0.717) is 23.4 Å². The third kappa shape index (κ3) is 6.69. The van der Waals surface area contributed by atoms with Crippen molar-refractivity contribution in [3.8, 4) is 0 Å². The largest absolute Gasteiger partial charge is 0.416 e. The fourth-order valence-electron chi connectivity index (χ4n) is 4.91. The van der Waals surface area contributed by atoms with Gasteiger partial charge in [-0.2, -0.15) is 18.2 Å². The number of hydrogen-bond donors (Lipinski definition) is 2. The number of nitrogens with one attached hydrogen (secondary N) is 2. The number of carbonyl (C=O) groups is 2. The number of fused-ring (bicyclic) bond motifs is 1. The third-order valence-corrected chi connectivity index (χ3v) is 7.36. The molecule has 3 amide bonds. The van der Waals surface area contributed by atoms with Crippen molar-refractivity contribution >= 4 is 40.8 Å². The molecule has 3 aromatic rings. The molecule has 1 saturated heterocycles. The number of piperazine rings is 1. The number of carbonyl (C=O) groups excluding carboxylic acids is 2. The smallest absolute Gasteiger partial charge is 0.369 e. The highest BCUT2D eigenvalue weighted by atomic mass is 19.4. The molecule has 2 aromatic carbocycles. The number of aromatic nitrogens is 2. The topological polar surface area (TPSA) is 96.9 Å². The number of halogens is 4. The Hall–Kier alpha value is -4.72. The van der Waals surface area contributed by atoms with Crippen LogP contribution in [0.3, 0.4) is 0 Å². The molecular formula is C29H30F4N8O2. The molecule has 1 fully saturated rings. The summed E-state index contributed by atoms with van der Waals surface area (Å²) in [5.41, 5.74) is 1.36. The Morgan fingerprint density at radius 1 is 1.05 bits per heavy atom. The van der Waals surface area contributed by atoms with Crippen molar-refractivity contribution in [2.45, 2.75) is 19.3 Å². The van der Waals surface area contributed by atoms with Crippen molar-refractivity contribution in [3.63, 3.8) is 0 Å². The van der Waals surface area contributed by atoms with E-state index < -0.39 is 29.5 Å². The Morgan fingerprint density at radius 3 is 2.40 bits per heavy atom. The van der Waals surface area contributed by atoms with Crippen molar-refractivity contribution < 1.29 is 27.2 Å². The van der Waals surface area contributed by atoms with E-state index in [1.165, 1.54) is 16.8 Å². The van der Waals surface area contributed by atoms with Crippen LogP contribution in [-0.4, -0.2) is 72.0 Å². The fraction of sp³-hybridized carbons (Fsp3) is 0.310. The van der Waals surface area contributed by atoms with Gasteiger partial charge < -0.3 is 25.3 Å². The first-order chi connectivity index (χ1) is 20.4. The van der Waals surface area contributed by atoms with E-state index in [-0.39, 0.29) is 24.3 Å². The first kappa shape index (κ1) is 29.8. The molecule has 0 spiro atoms. The summed E-state index contributed by atoms with van der Waals surface area (Å²) < 4.78 is 53.3. The number of benzene rings is 2. The van der Waals surface area contributed by atoms with Gasteiger partial charge in [0.25, 0.3) is 5.91 Å². The Balaban J connectivity index is 1.31. The van der Waals surface area contributed by atoms with Crippen LogP contribution in [0.25, 0.3) is 0 Å². The molecule has 0 aliphatic carbocycles. The molecular weight excluding hydrogens is 568 g/mol. The number of alkyl halides is 3. The highest BCUT2D eigenvalue weighted by Crippen LogP contribution is 2.34. The van der Waals surface area contributed by atoms with Gasteiger partial charge in [-0.3, -0.25) is 9.69 Å². The maximum absolute atomic E-state index is 13.3. The van der Waals surface area contributed by atoms with Gasteiger partial charge in [-0.05, 0) is 49.0 Å². The van der Waals surface area contributed by atoms with E-state index in [1.54, 1.807) is 6.20 Å². The summed E-state index contributed by atoms with van der Waals surface area (Å²) in [7, 11) is 3.63. The Kier molecular flexibility index (Phi) is 8.22. The molecule has 2 aliphatic rings. The van der Waals surface area contributed by atoms with Crippen LogP contribution >= 0.6 is 0 Å². The van der Waals surface area contributed by atoms with Crippen LogP contribution in [0, 0.1) is 0 Å². The van der Waals surface area contributed by atoms with Crippen molar-refractivity contribution in [3.05, 3.63) is 77.8 Å². The summed E-state index contributed by atoms with van der Waals surface area (Å²) in [6.07, 6.45) is -3.12. The summed E-state index contributed by atoms with van der Waals surface area (Å²) in [6, 6.07) is 10.1. The summed E-state index contributed by atoms with van der Waals surface area (Å²) >= 11 is 0. The van der Waals surface area contributed by atoms with Crippen molar-refractivity contribution in [1.29, 1.82) is 0 Å².